The zero-order valence-corrected chi connectivity index (χ0v) is 24.1. The van der Waals surface area contributed by atoms with Crippen molar-refractivity contribution in [3.63, 3.8) is 0 Å². The minimum atomic E-state index is -3.78. The molecule has 1 aliphatic carbocycles. The molecule has 12 heteroatoms. The number of aromatic nitrogens is 3. The van der Waals surface area contributed by atoms with Crippen molar-refractivity contribution in [3.8, 4) is 0 Å². The van der Waals surface area contributed by atoms with Crippen molar-refractivity contribution in [1.29, 1.82) is 0 Å². The second kappa shape index (κ2) is 11.2. The molecular formula is C27H40N3O8S+. The van der Waals surface area contributed by atoms with Crippen molar-refractivity contribution in [2.45, 2.75) is 96.3 Å². The van der Waals surface area contributed by atoms with E-state index in [0.29, 0.717) is 32.6 Å². The topological polar surface area (TPSA) is 111 Å². The summed E-state index contributed by atoms with van der Waals surface area (Å²) in [6.07, 6.45) is 1.78. The summed E-state index contributed by atoms with van der Waals surface area (Å²) >= 11 is 0. The molecule has 2 aliphatic heterocycles. The summed E-state index contributed by atoms with van der Waals surface area (Å²) < 4.78 is 64.9. The first-order valence-electron chi connectivity index (χ1n) is 13.5. The molecule has 4 atom stereocenters. The van der Waals surface area contributed by atoms with Gasteiger partial charge in [-0.1, -0.05) is 30.3 Å². The smallest absolute Gasteiger partial charge is 0.267 e. The van der Waals surface area contributed by atoms with Gasteiger partial charge in [0.1, 0.15) is 20.2 Å². The Balaban J connectivity index is 1.12. The van der Waals surface area contributed by atoms with Crippen molar-refractivity contribution in [2.75, 3.05) is 12.4 Å². The number of aryl methyl sites for hydroxylation is 2. The number of nitrogens with zero attached hydrogens (tertiary/aromatic N) is 3. The molecule has 39 heavy (non-hydrogen) atoms. The number of benzene rings is 1. The van der Waals surface area contributed by atoms with Crippen molar-refractivity contribution in [3.05, 3.63) is 47.8 Å². The molecule has 3 fully saturated rings. The third-order valence-electron chi connectivity index (χ3n) is 7.30. The molecule has 11 nitrogen and oxygen atoms in total. The quantitative estimate of drug-likeness (QED) is 0.299. The maximum absolute atomic E-state index is 12.8. The molecule has 216 valence electrons. The van der Waals surface area contributed by atoms with Crippen molar-refractivity contribution >= 4 is 10.1 Å². The Morgan fingerprint density at radius 1 is 1.00 bits per heavy atom. The molecule has 0 N–H and O–H groups in total. The van der Waals surface area contributed by atoms with E-state index in [1.54, 1.807) is 9.36 Å². The zero-order valence-electron chi connectivity index (χ0n) is 23.3. The van der Waals surface area contributed by atoms with Gasteiger partial charge in [-0.25, -0.2) is 0 Å². The van der Waals surface area contributed by atoms with Gasteiger partial charge in [-0.2, -0.15) is 8.42 Å². The van der Waals surface area contributed by atoms with E-state index in [-0.39, 0.29) is 42.7 Å². The molecular weight excluding hydrogens is 526 g/mol. The predicted molar refractivity (Wildman–Crippen MR) is 138 cm³/mol. The standard InChI is InChI=1S/C27H40N3O8S/c1-26(2)35-22-14-23-25(38-27(3,4)36-23)21(24(22)37-26)18-34-39(31,32)13-9-12-30-15-20(29(5)28-30)17-33-16-19-10-7-6-8-11-19/h6-8,10-11,15,21-25H,9,12-14,16-18H2,1-5H3/q+1. The van der Waals surface area contributed by atoms with Gasteiger partial charge in [0.05, 0.1) is 48.6 Å². The lowest BCUT2D eigenvalue weighted by Crippen LogP contribution is -2.51. The van der Waals surface area contributed by atoms with Crippen LogP contribution < -0.4 is 4.68 Å². The average molecular weight is 567 g/mol. The Hall–Kier alpha value is -1.93. The Morgan fingerprint density at radius 2 is 1.64 bits per heavy atom. The normalized spacial score (nSPS) is 29.3. The molecule has 2 saturated heterocycles. The number of fused-ring (bicyclic) bond motifs is 2. The molecule has 2 aromatic rings. The van der Waals surface area contributed by atoms with E-state index in [1.165, 1.54) is 0 Å². The average Bonchev–Trinajstić information content (AvgIpc) is 3.46. The molecule has 0 bridgehead atoms. The fourth-order valence-corrected chi connectivity index (χ4v) is 6.63. The van der Waals surface area contributed by atoms with E-state index >= 15 is 0 Å². The van der Waals surface area contributed by atoms with Gasteiger partial charge < -0.3 is 23.7 Å². The lowest BCUT2D eigenvalue weighted by atomic mass is 9.81. The highest BCUT2D eigenvalue weighted by Crippen LogP contribution is 2.46. The number of ether oxygens (including phenoxy) is 5. The number of rotatable bonds is 11. The number of hydrogen-bond acceptors (Lipinski definition) is 9. The first-order valence-corrected chi connectivity index (χ1v) is 15.1. The summed E-state index contributed by atoms with van der Waals surface area (Å²) in [6, 6.07) is 9.96. The van der Waals surface area contributed by atoms with E-state index < -0.39 is 21.7 Å². The third-order valence-corrected chi connectivity index (χ3v) is 8.58. The van der Waals surface area contributed by atoms with E-state index in [4.69, 9.17) is 27.9 Å². The van der Waals surface area contributed by atoms with Gasteiger partial charge in [-0.05, 0) is 33.3 Å². The second-order valence-electron chi connectivity index (χ2n) is 11.5. The molecule has 4 unspecified atom stereocenters. The maximum Gasteiger partial charge on any atom is 0.267 e. The van der Waals surface area contributed by atoms with Gasteiger partial charge >= 0.3 is 0 Å². The lowest BCUT2D eigenvalue weighted by molar-refractivity contribution is -0.755. The van der Waals surface area contributed by atoms with Crippen LogP contribution in [0.5, 0.6) is 0 Å². The Labute approximate surface area is 230 Å². The van der Waals surface area contributed by atoms with Crippen LogP contribution in [0.25, 0.3) is 0 Å². The first kappa shape index (κ1) is 28.6. The first-order chi connectivity index (χ1) is 18.4. The monoisotopic (exact) mass is 566 g/mol. The Morgan fingerprint density at radius 3 is 2.28 bits per heavy atom. The maximum atomic E-state index is 12.8. The van der Waals surface area contributed by atoms with Crippen molar-refractivity contribution in [1.82, 2.24) is 9.90 Å². The van der Waals surface area contributed by atoms with Gasteiger partial charge in [-0.15, -0.1) is 9.36 Å². The highest BCUT2D eigenvalue weighted by atomic mass is 32.2. The van der Waals surface area contributed by atoms with Crippen LogP contribution in [0.3, 0.4) is 0 Å². The minimum Gasteiger partial charge on any atom is -0.368 e. The van der Waals surface area contributed by atoms with E-state index in [1.807, 2.05) is 71.3 Å². The highest BCUT2D eigenvalue weighted by Gasteiger charge is 2.58. The molecule has 1 aromatic heterocycles. The van der Waals surface area contributed by atoms with Gasteiger partial charge in [0.2, 0.25) is 0 Å². The summed E-state index contributed by atoms with van der Waals surface area (Å²) in [7, 11) is -1.94. The Bertz CT molecular complexity index is 1200. The molecule has 0 amide bonds. The van der Waals surface area contributed by atoms with E-state index in [2.05, 4.69) is 5.21 Å². The van der Waals surface area contributed by atoms with Crippen molar-refractivity contribution in [2.24, 2.45) is 13.0 Å². The molecule has 1 saturated carbocycles. The summed E-state index contributed by atoms with van der Waals surface area (Å²) in [5.41, 5.74) is 2.00. The highest BCUT2D eigenvalue weighted by molar-refractivity contribution is 7.86. The van der Waals surface area contributed by atoms with Gasteiger partial charge in [0.25, 0.3) is 10.1 Å². The van der Waals surface area contributed by atoms with Gasteiger partial charge in [-0.3, -0.25) is 4.18 Å². The SMILES string of the molecule is Cn1n[n+](CCCS(=O)(=O)OCC2C3OC(C)(C)OC3CC3OC(C)(C)OC32)cc1COCc1ccccc1. The second-order valence-corrected chi connectivity index (χ2v) is 13.2. The molecule has 1 aromatic carbocycles. The van der Waals surface area contributed by atoms with Crippen LogP contribution in [0.4, 0.5) is 0 Å². The van der Waals surface area contributed by atoms with Crippen molar-refractivity contribution < 1.29 is 41.0 Å². The molecule has 3 heterocycles. The summed E-state index contributed by atoms with van der Waals surface area (Å²) in [6.45, 7) is 8.73. The largest absolute Gasteiger partial charge is 0.368 e. The van der Waals surface area contributed by atoms with E-state index in [0.717, 1.165) is 11.3 Å². The van der Waals surface area contributed by atoms with Crippen LogP contribution in [-0.4, -0.2) is 66.7 Å². The van der Waals surface area contributed by atoms with Gasteiger partial charge in [0, 0.05) is 18.8 Å². The fraction of sp³-hybridized carbons (Fsp3) is 0.704. The fourth-order valence-electron chi connectivity index (χ4n) is 5.67. The van der Waals surface area contributed by atoms with Crippen LogP contribution >= 0.6 is 0 Å². The lowest BCUT2D eigenvalue weighted by Gasteiger charge is -2.37. The van der Waals surface area contributed by atoms with Crippen LogP contribution in [0.2, 0.25) is 0 Å². The van der Waals surface area contributed by atoms with Crippen LogP contribution in [-0.2, 0) is 64.8 Å². The minimum absolute atomic E-state index is 0.0524. The Kier molecular flexibility index (Phi) is 8.18. The van der Waals surface area contributed by atoms with Crippen LogP contribution in [0, 0.1) is 5.92 Å². The number of hydrogen-bond donors (Lipinski definition) is 0. The van der Waals surface area contributed by atoms with Crippen LogP contribution in [0.15, 0.2) is 36.5 Å². The van der Waals surface area contributed by atoms with Crippen LogP contribution in [0.1, 0.15) is 51.8 Å². The van der Waals surface area contributed by atoms with Gasteiger partial charge in [0.15, 0.2) is 23.5 Å². The summed E-state index contributed by atoms with van der Waals surface area (Å²) in [4.78, 5) is 0. The third kappa shape index (κ3) is 7.05. The molecule has 0 radical (unpaired) electrons. The molecule has 5 rings (SSSR count). The summed E-state index contributed by atoms with van der Waals surface area (Å²) in [5.74, 6) is -1.98. The molecule has 0 spiro atoms. The predicted octanol–water partition coefficient (Wildman–Crippen LogP) is 2.22. The molecule has 3 aliphatic rings. The summed E-state index contributed by atoms with van der Waals surface area (Å²) in [5, 5.41) is 4.43. The van der Waals surface area contributed by atoms with E-state index in [9.17, 15) is 8.42 Å². The zero-order chi connectivity index (χ0) is 27.8.